The fourth-order valence-corrected chi connectivity index (χ4v) is 4.97. The van der Waals surface area contributed by atoms with Gasteiger partial charge in [0.1, 0.15) is 0 Å². The molecule has 0 spiro atoms. The molecular formula is C27H31N3O5. The molecule has 1 fully saturated rings. The van der Waals surface area contributed by atoms with Gasteiger partial charge >= 0.3 is 0 Å². The summed E-state index contributed by atoms with van der Waals surface area (Å²) in [6, 6.07) is 11.4. The molecule has 0 bridgehead atoms. The maximum absolute atomic E-state index is 13.3. The van der Waals surface area contributed by atoms with Crippen molar-refractivity contribution < 1.29 is 23.9 Å². The smallest absolute Gasteiger partial charge is 0.261 e. The molecule has 4 amide bonds. The Balaban J connectivity index is 1.52. The number of likely N-dealkylation sites (tertiary alicyclic amines) is 1. The third-order valence-electron chi connectivity index (χ3n) is 6.52. The van der Waals surface area contributed by atoms with Crippen LogP contribution in [0, 0.1) is 11.8 Å². The van der Waals surface area contributed by atoms with Gasteiger partial charge in [0.25, 0.3) is 23.6 Å². The van der Waals surface area contributed by atoms with Gasteiger partial charge in [-0.3, -0.25) is 24.1 Å². The van der Waals surface area contributed by atoms with Crippen LogP contribution in [0.25, 0.3) is 0 Å². The van der Waals surface area contributed by atoms with Crippen molar-refractivity contribution >= 4 is 29.3 Å². The van der Waals surface area contributed by atoms with E-state index >= 15 is 0 Å². The Morgan fingerprint density at radius 1 is 1.00 bits per heavy atom. The molecule has 8 nitrogen and oxygen atoms in total. The highest BCUT2D eigenvalue weighted by atomic mass is 16.5. The summed E-state index contributed by atoms with van der Waals surface area (Å²) < 4.78 is 5.00. The lowest BCUT2D eigenvalue weighted by Crippen LogP contribution is -2.42. The lowest BCUT2D eigenvalue weighted by atomic mass is 9.91. The number of amides is 4. The number of hydrogen-bond donors (Lipinski definition) is 1. The van der Waals surface area contributed by atoms with Crippen LogP contribution < -0.4 is 5.32 Å². The fourth-order valence-electron chi connectivity index (χ4n) is 4.97. The van der Waals surface area contributed by atoms with Gasteiger partial charge in [-0.15, -0.1) is 0 Å². The van der Waals surface area contributed by atoms with E-state index in [4.69, 9.17) is 4.74 Å². The summed E-state index contributed by atoms with van der Waals surface area (Å²) in [6.45, 7) is 6.35. The Hall–Kier alpha value is -3.52. The number of benzene rings is 2. The van der Waals surface area contributed by atoms with Crippen molar-refractivity contribution in [2.45, 2.75) is 26.7 Å². The molecule has 8 heteroatoms. The van der Waals surface area contributed by atoms with E-state index in [0.717, 1.165) is 6.42 Å². The Labute approximate surface area is 205 Å². The van der Waals surface area contributed by atoms with E-state index in [2.05, 4.69) is 19.2 Å². The summed E-state index contributed by atoms with van der Waals surface area (Å²) in [5, 5.41) is 2.83. The van der Waals surface area contributed by atoms with Crippen LogP contribution in [0.1, 0.15) is 68.1 Å². The molecule has 2 unspecified atom stereocenters. The lowest BCUT2D eigenvalue weighted by Gasteiger charge is -2.35. The third-order valence-corrected chi connectivity index (χ3v) is 6.52. The van der Waals surface area contributed by atoms with Gasteiger partial charge in [0.05, 0.1) is 22.4 Å². The molecule has 2 heterocycles. The Bertz CT molecular complexity index is 1150. The number of nitrogens with one attached hydrogen (secondary N) is 1. The number of carbonyl (C=O) groups excluding carboxylic acids is 4. The number of rotatable bonds is 7. The first kappa shape index (κ1) is 24.6. The maximum atomic E-state index is 13.3. The number of imide groups is 1. The summed E-state index contributed by atoms with van der Waals surface area (Å²) in [4.78, 5) is 54.8. The molecule has 4 rings (SSSR count). The van der Waals surface area contributed by atoms with Gasteiger partial charge in [-0.05, 0) is 55.0 Å². The Morgan fingerprint density at radius 2 is 1.69 bits per heavy atom. The molecule has 2 aromatic carbocycles. The molecule has 0 aromatic heterocycles. The van der Waals surface area contributed by atoms with Crippen molar-refractivity contribution in [1.29, 1.82) is 0 Å². The fraction of sp³-hybridized carbons (Fsp3) is 0.407. The summed E-state index contributed by atoms with van der Waals surface area (Å²) in [5.41, 5.74) is 1.58. The molecule has 184 valence electrons. The van der Waals surface area contributed by atoms with Crippen molar-refractivity contribution in [3.63, 3.8) is 0 Å². The second kappa shape index (κ2) is 10.4. The monoisotopic (exact) mass is 477 g/mol. The van der Waals surface area contributed by atoms with Crippen LogP contribution >= 0.6 is 0 Å². The number of piperidine rings is 1. The second-order valence-electron chi connectivity index (χ2n) is 9.52. The molecule has 35 heavy (non-hydrogen) atoms. The molecule has 1 saturated heterocycles. The quantitative estimate of drug-likeness (QED) is 0.485. The average molecular weight is 478 g/mol. The topological polar surface area (TPSA) is 96.0 Å². The SMILES string of the molecule is COCCCN1C(=O)c2ccc(C(=O)Nc3ccccc3C(=O)N3CC(C)CC(C)C3)cc2C1=O. The van der Waals surface area contributed by atoms with Gasteiger partial charge < -0.3 is 15.0 Å². The zero-order chi connectivity index (χ0) is 25.1. The number of carbonyl (C=O) groups is 4. The number of hydrogen-bond acceptors (Lipinski definition) is 5. The zero-order valence-electron chi connectivity index (χ0n) is 20.4. The van der Waals surface area contributed by atoms with Crippen molar-refractivity contribution in [3.05, 3.63) is 64.7 Å². The van der Waals surface area contributed by atoms with E-state index in [1.807, 2.05) is 4.90 Å². The highest BCUT2D eigenvalue weighted by molar-refractivity contribution is 6.22. The highest BCUT2D eigenvalue weighted by Gasteiger charge is 2.35. The number of anilines is 1. The predicted molar refractivity (Wildman–Crippen MR) is 132 cm³/mol. The first-order valence-corrected chi connectivity index (χ1v) is 12.0. The van der Waals surface area contributed by atoms with Gasteiger partial charge in [-0.2, -0.15) is 0 Å². The Kier molecular flexibility index (Phi) is 7.31. The van der Waals surface area contributed by atoms with Crippen LogP contribution in [-0.4, -0.2) is 66.8 Å². The molecular weight excluding hydrogens is 446 g/mol. The summed E-state index contributed by atoms with van der Waals surface area (Å²) in [5.74, 6) is -0.503. The first-order valence-electron chi connectivity index (χ1n) is 12.0. The number of ether oxygens (including phenoxy) is 1. The van der Waals surface area contributed by atoms with Crippen molar-refractivity contribution in [3.8, 4) is 0 Å². The largest absolute Gasteiger partial charge is 0.385 e. The molecule has 2 aromatic rings. The van der Waals surface area contributed by atoms with E-state index in [-0.39, 0.29) is 35.0 Å². The van der Waals surface area contributed by atoms with E-state index in [9.17, 15) is 19.2 Å². The van der Waals surface area contributed by atoms with Crippen LogP contribution in [0.4, 0.5) is 5.69 Å². The summed E-state index contributed by atoms with van der Waals surface area (Å²) >= 11 is 0. The van der Waals surface area contributed by atoms with Gasteiger partial charge in [0.15, 0.2) is 0 Å². The van der Waals surface area contributed by atoms with Crippen LogP contribution in [0.3, 0.4) is 0 Å². The van der Waals surface area contributed by atoms with Crippen molar-refractivity contribution in [1.82, 2.24) is 9.80 Å². The molecule has 2 aliphatic rings. The molecule has 2 atom stereocenters. The van der Waals surface area contributed by atoms with Crippen LogP contribution in [0.2, 0.25) is 0 Å². The Morgan fingerprint density at radius 3 is 2.40 bits per heavy atom. The van der Waals surface area contributed by atoms with Crippen molar-refractivity contribution in [2.75, 3.05) is 38.7 Å². The standard InChI is InChI=1S/C27H31N3O5/c1-17-13-18(2)16-29(15-17)25(32)21-7-4-5-8-23(21)28-24(31)19-9-10-20-22(14-19)27(34)30(26(20)33)11-6-12-35-3/h4-5,7-10,14,17-18H,6,11-13,15-16H2,1-3H3,(H,28,31). The first-order chi connectivity index (χ1) is 16.8. The minimum Gasteiger partial charge on any atom is -0.385 e. The van der Waals surface area contributed by atoms with Crippen LogP contribution in [0.15, 0.2) is 42.5 Å². The van der Waals surface area contributed by atoms with Crippen LogP contribution in [-0.2, 0) is 4.74 Å². The van der Waals surface area contributed by atoms with E-state index < -0.39 is 11.8 Å². The highest BCUT2D eigenvalue weighted by Crippen LogP contribution is 2.27. The molecule has 0 saturated carbocycles. The third kappa shape index (κ3) is 5.12. The molecule has 2 aliphatic heterocycles. The number of nitrogens with zero attached hydrogens (tertiary/aromatic N) is 2. The summed E-state index contributed by atoms with van der Waals surface area (Å²) in [6.07, 6.45) is 1.63. The van der Waals surface area contributed by atoms with Crippen molar-refractivity contribution in [2.24, 2.45) is 11.8 Å². The van der Waals surface area contributed by atoms with Gasteiger partial charge in [0, 0.05) is 38.9 Å². The zero-order valence-corrected chi connectivity index (χ0v) is 20.4. The average Bonchev–Trinajstić information content (AvgIpc) is 3.07. The normalized spacial score (nSPS) is 19.6. The van der Waals surface area contributed by atoms with E-state index in [1.54, 1.807) is 31.4 Å². The predicted octanol–water partition coefficient (Wildman–Crippen LogP) is 3.69. The lowest BCUT2D eigenvalue weighted by molar-refractivity contribution is 0.0619. The van der Waals surface area contributed by atoms with E-state index in [1.165, 1.54) is 23.1 Å². The van der Waals surface area contributed by atoms with Gasteiger partial charge in [-0.25, -0.2) is 0 Å². The number of methoxy groups -OCH3 is 1. The minimum atomic E-state index is -0.452. The van der Waals surface area contributed by atoms with Crippen LogP contribution in [0.5, 0.6) is 0 Å². The summed E-state index contributed by atoms with van der Waals surface area (Å²) in [7, 11) is 1.56. The van der Waals surface area contributed by atoms with Gasteiger partial charge in [0.2, 0.25) is 0 Å². The maximum Gasteiger partial charge on any atom is 0.261 e. The second-order valence-corrected chi connectivity index (χ2v) is 9.52. The molecule has 0 radical (unpaired) electrons. The van der Waals surface area contributed by atoms with E-state index in [0.29, 0.717) is 49.2 Å². The van der Waals surface area contributed by atoms with Gasteiger partial charge in [-0.1, -0.05) is 26.0 Å². The molecule has 0 aliphatic carbocycles. The molecule has 1 N–H and O–H groups in total. The number of para-hydroxylation sites is 1. The minimum absolute atomic E-state index is 0.110. The number of fused-ring (bicyclic) bond motifs is 1.